The predicted molar refractivity (Wildman–Crippen MR) is 57.8 cm³/mol. The van der Waals surface area contributed by atoms with E-state index >= 15 is 0 Å². The Morgan fingerprint density at radius 3 is 2.65 bits per heavy atom. The highest BCUT2D eigenvalue weighted by Gasteiger charge is 2.30. The van der Waals surface area contributed by atoms with Gasteiger partial charge in [-0.25, -0.2) is 9.78 Å². The highest BCUT2D eigenvalue weighted by Crippen LogP contribution is 2.08. The number of hydrogen-bond acceptors (Lipinski definition) is 4. The summed E-state index contributed by atoms with van der Waals surface area (Å²) in [5, 5.41) is 2.44. The van der Waals surface area contributed by atoms with E-state index in [2.05, 4.69) is 15.0 Å². The standard InChI is InChI=1S/C11H13FN2O3/c1-11(2,10(16)17-3)14-9(15)7-4-5-13-8(12)6-7/h4-6H,1-3H3,(H,14,15). The molecule has 0 aromatic carbocycles. The largest absolute Gasteiger partial charge is 0.467 e. The zero-order chi connectivity index (χ0) is 13.1. The summed E-state index contributed by atoms with van der Waals surface area (Å²) in [6, 6.07) is 2.34. The number of esters is 1. The lowest BCUT2D eigenvalue weighted by Gasteiger charge is -2.22. The molecule has 0 saturated heterocycles. The van der Waals surface area contributed by atoms with Crippen LogP contribution in [0.15, 0.2) is 18.3 Å². The van der Waals surface area contributed by atoms with E-state index in [9.17, 15) is 14.0 Å². The monoisotopic (exact) mass is 240 g/mol. The van der Waals surface area contributed by atoms with Crippen LogP contribution in [0.1, 0.15) is 24.2 Å². The first kappa shape index (κ1) is 13.1. The Morgan fingerprint density at radius 2 is 2.12 bits per heavy atom. The van der Waals surface area contributed by atoms with Gasteiger partial charge < -0.3 is 10.1 Å². The van der Waals surface area contributed by atoms with E-state index in [1.165, 1.54) is 33.2 Å². The number of nitrogens with zero attached hydrogens (tertiary/aromatic N) is 1. The Balaban J connectivity index is 2.83. The molecule has 5 nitrogen and oxygen atoms in total. The van der Waals surface area contributed by atoms with Crippen LogP contribution in [0.4, 0.5) is 4.39 Å². The molecule has 1 aromatic heterocycles. The number of aromatic nitrogens is 1. The maximum Gasteiger partial charge on any atom is 0.330 e. The highest BCUT2D eigenvalue weighted by atomic mass is 19.1. The van der Waals surface area contributed by atoms with Gasteiger partial charge in [0.05, 0.1) is 7.11 Å². The third kappa shape index (κ3) is 3.24. The van der Waals surface area contributed by atoms with Gasteiger partial charge in [0.15, 0.2) is 0 Å². The normalized spacial score (nSPS) is 10.8. The second-order valence-corrected chi connectivity index (χ2v) is 3.94. The lowest BCUT2D eigenvalue weighted by molar-refractivity contribution is -0.146. The first-order chi connectivity index (χ1) is 7.86. The number of carbonyl (C=O) groups is 2. The van der Waals surface area contributed by atoms with Crippen LogP contribution >= 0.6 is 0 Å². The SMILES string of the molecule is COC(=O)C(C)(C)NC(=O)c1ccnc(F)c1. The minimum absolute atomic E-state index is 0.0921. The van der Waals surface area contributed by atoms with Gasteiger partial charge in [-0.2, -0.15) is 4.39 Å². The Morgan fingerprint density at radius 1 is 1.47 bits per heavy atom. The number of pyridine rings is 1. The lowest BCUT2D eigenvalue weighted by Crippen LogP contribution is -2.50. The van der Waals surface area contributed by atoms with Gasteiger partial charge in [0.25, 0.3) is 5.91 Å². The molecule has 1 aromatic rings. The maximum atomic E-state index is 12.8. The van der Waals surface area contributed by atoms with Gasteiger partial charge in [-0.3, -0.25) is 4.79 Å². The quantitative estimate of drug-likeness (QED) is 0.629. The van der Waals surface area contributed by atoms with Crippen molar-refractivity contribution >= 4 is 11.9 Å². The zero-order valence-corrected chi connectivity index (χ0v) is 9.78. The maximum absolute atomic E-state index is 12.8. The minimum Gasteiger partial charge on any atom is -0.467 e. The number of amides is 1. The second-order valence-electron chi connectivity index (χ2n) is 3.94. The molecule has 0 saturated carbocycles. The molecule has 92 valence electrons. The van der Waals surface area contributed by atoms with E-state index in [1.54, 1.807) is 0 Å². The van der Waals surface area contributed by atoms with Crippen molar-refractivity contribution in [2.45, 2.75) is 19.4 Å². The van der Waals surface area contributed by atoms with Gasteiger partial charge >= 0.3 is 5.97 Å². The first-order valence-corrected chi connectivity index (χ1v) is 4.89. The molecule has 6 heteroatoms. The summed E-state index contributed by atoms with van der Waals surface area (Å²) in [6.07, 6.45) is 1.18. The summed E-state index contributed by atoms with van der Waals surface area (Å²) in [5.41, 5.74) is -1.08. The molecule has 0 spiro atoms. The molecular formula is C11H13FN2O3. The van der Waals surface area contributed by atoms with Crippen LogP contribution in [0, 0.1) is 5.95 Å². The number of rotatable bonds is 3. The first-order valence-electron chi connectivity index (χ1n) is 4.89. The molecule has 0 aliphatic rings. The minimum atomic E-state index is -1.18. The molecular weight excluding hydrogens is 227 g/mol. The van der Waals surface area contributed by atoms with Crippen LogP contribution in [0.5, 0.6) is 0 Å². The summed E-state index contributed by atoms with van der Waals surface area (Å²) < 4.78 is 17.3. The zero-order valence-electron chi connectivity index (χ0n) is 9.78. The van der Waals surface area contributed by atoms with E-state index in [4.69, 9.17) is 0 Å². The summed E-state index contributed by atoms with van der Waals surface area (Å²) in [6.45, 7) is 2.99. The van der Waals surface area contributed by atoms with Crippen LogP contribution in [0.25, 0.3) is 0 Å². The lowest BCUT2D eigenvalue weighted by atomic mass is 10.1. The average molecular weight is 240 g/mol. The van der Waals surface area contributed by atoms with Gasteiger partial charge in [0.2, 0.25) is 5.95 Å². The third-order valence-electron chi connectivity index (χ3n) is 2.11. The Kier molecular flexibility index (Phi) is 3.77. The average Bonchev–Trinajstić information content (AvgIpc) is 2.27. The second kappa shape index (κ2) is 4.90. The predicted octanol–water partition coefficient (Wildman–Crippen LogP) is 0.902. The van der Waals surface area contributed by atoms with Crippen LogP contribution in [-0.2, 0) is 9.53 Å². The van der Waals surface area contributed by atoms with Crippen molar-refractivity contribution in [3.8, 4) is 0 Å². The molecule has 0 aliphatic carbocycles. The van der Waals surface area contributed by atoms with E-state index in [0.29, 0.717) is 0 Å². The van der Waals surface area contributed by atoms with Crippen molar-refractivity contribution in [3.63, 3.8) is 0 Å². The molecule has 1 amide bonds. The van der Waals surface area contributed by atoms with Crippen molar-refractivity contribution in [2.24, 2.45) is 0 Å². The number of halogens is 1. The molecule has 0 atom stereocenters. The van der Waals surface area contributed by atoms with Gasteiger partial charge in [0.1, 0.15) is 5.54 Å². The number of nitrogens with one attached hydrogen (secondary N) is 1. The molecule has 0 fully saturated rings. The summed E-state index contributed by atoms with van der Waals surface area (Å²) in [7, 11) is 1.22. The summed E-state index contributed by atoms with van der Waals surface area (Å²) in [4.78, 5) is 26.4. The van der Waals surface area contributed by atoms with E-state index in [1.807, 2.05) is 0 Å². The fourth-order valence-corrected chi connectivity index (χ4v) is 1.21. The topological polar surface area (TPSA) is 68.3 Å². The Bertz CT molecular complexity index is 446. The highest BCUT2D eigenvalue weighted by molar-refractivity contribution is 5.97. The van der Waals surface area contributed by atoms with Crippen molar-refractivity contribution in [1.82, 2.24) is 10.3 Å². The molecule has 0 radical (unpaired) electrons. The third-order valence-corrected chi connectivity index (χ3v) is 2.11. The van der Waals surface area contributed by atoms with Crippen LogP contribution in [-0.4, -0.2) is 29.5 Å². The Labute approximate surface area is 98.0 Å². The van der Waals surface area contributed by atoms with Gasteiger partial charge in [0, 0.05) is 17.8 Å². The number of hydrogen-bond donors (Lipinski definition) is 1. The van der Waals surface area contributed by atoms with E-state index in [-0.39, 0.29) is 5.56 Å². The fourth-order valence-electron chi connectivity index (χ4n) is 1.21. The molecule has 1 N–H and O–H groups in total. The Hall–Kier alpha value is -1.98. The summed E-state index contributed by atoms with van der Waals surface area (Å²) in [5.74, 6) is -1.91. The molecule has 0 aliphatic heterocycles. The number of ether oxygens (including phenoxy) is 1. The molecule has 0 unspecified atom stereocenters. The number of carbonyl (C=O) groups excluding carboxylic acids is 2. The van der Waals surface area contributed by atoms with E-state index < -0.39 is 23.4 Å². The van der Waals surface area contributed by atoms with Gasteiger partial charge in [-0.15, -0.1) is 0 Å². The fraction of sp³-hybridized carbons (Fsp3) is 0.364. The smallest absolute Gasteiger partial charge is 0.330 e. The van der Waals surface area contributed by atoms with Crippen molar-refractivity contribution in [3.05, 3.63) is 29.8 Å². The molecule has 0 bridgehead atoms. The molecule has 1 heterocycles. The van der Waals surface area contributed by atoms with Crippen LogP contribution in [0.3, 0.4) is 0 Å². The van der Waals surface area contributed by atoms with Crippen LogP contribution in [0.2, 0.25) is 0 Å². The van der Waals surface area contributed by atoms with Crippen molar-refractivity contribution in [2.75, 3.05) is 7.11 Å². The van der Waals surface area contributed by atoms with Gasteiger partial charge in [-0.1, -0.05) is 0 Å². The van der Waals surface area contributed by atoms with Gasteiger partial charge in [-0.05, 0) is 19.9 Å². The number of methoxy groups -OCH3 is 1. The van der Waals surface area contributed by atoms with Crippen molar-refractivity contribution < 1.29 is 18.7 Å². The van der Waals surface area contributed by atoms with Crippen molar-refractivity contribution in [1.29, 1.82) is 0 Å². The molecule has 1 rings (SSSR count). The van der Waals surface area contributed by atoms with Crippen LogP contribution < -0.4 is 5.32 Å². The van der Waals surface area contributed by atoms with E-state index in [0.717, 1.165) is 6.07 Å². The summed E-state index contributed by atoms with van der Waals surface area (Å²) >= 11 is 0. The molecule has 17 heavy (non-hydrogen) atoms.